The fourth-order valence-electron chi connectivity index (χ4n) is 4.89. The summed E-state index contributed by atoms with van der Waals surface area (Å²) in [4.78, 5) is 44.0. The lowest BCUT2D eigenvalue weighted by Gasteiger charge is -2.23. The van der Waals surface area contributed by atoms with Gasteiger partial charge in [-0.25, -0.2) is 0 Å². The third kappa shape index (κ3) is 3.93. The van der Waals surface area contributed by atoms with Gasteiger partial charge in [-0.2, -0.15) is 0 Å². The van der Waals surface area contributed by atoms with E-state index < -0.39 is 10.9 Å². The number of nitrogens with one attached hydrogen (secondary N) is 3. The normalized spacial score (nSPS) is 12.6. The zero-order valence-corrected chi connectivity index (χ0v) is 20.8. The van der Waals surface area contributed by atoms with Gasteiger partial charge in [0.05, 0.1) is 11.2 Å². The molecule has 5 aromatic rings. The molecule has 0 bridgehead atoms. The molecule has 184 valence electrons. The third-order valence-corrected chi connectivity index (χ3v) is 7.63. The van der Waals surface area contributed by atoms with E-state index in [1.165, 1.54) is 11.3 Å². The van der Waals surface area contributed by atoms with E-state index in [2.05, 4.69) is 20.9 Å². The summed E-state index contributed by atoms with van der Waals surface area (Å²) in [7, 11) is 1.64. The molecule has 1 aliphatic rings. The molecule has 6 rings (SSSR count). The zero-order chi connectivity index (χ0) is 25.5. The number of fused-ring (bicyclic) bond motifs is 2. The largest absolute Gasteiger partial charge is 0.383 e. The van der Waals surface area contributed by atoms with Crippen LogP contribution in [0.1, 0.15) is 20.8 Å². The van der Waals surface area contributed by atoms with Crippen molar-refractivity contribution in [2.45, 2.75) is 13.0 Å². The van der Waals surface area contributed by atoms with Crippen molar-refractivity contribution in [3.05, 3.63) is 103 Å². The van der Waals surface area contributed by atoms with Crippen molar-refractivity contribution in [1.82, 2.24) is 4.98 Å². The molecule has 0 saturated carbocycles. The SMILES string of the molecule is CNc1c(N2CCc3cc(NC(=O)c4sccc4NCc4ccnc5ccccc45)ccc32)c(=O)c1=O. The average Bonchev–Trinajstić information content (AvgIpc) is 3.56. The Bertz CT molecular complexity index is 1730. The van der Waals surface area contributed by atoms with Gasteiger partial charge in [-0.15, -0.1) is 11.3 Å². The van der Waals surface area contributed by atoms with Gasteiger partial charge in [-0.1, -0.05) is 18.2 Å². The predicted octanol–water partition coefficient (Wildman–Crippen LogP) is 4.49. The smallest absolute Gasteiger partial charge is 0.267 e. The van der Waals surface area contributed by atoms with Gasteiger partial charge in [-0.3, -0.25) is 19.4 Å². The van der Waals surface area contributed by atoms with E-state index in [1.807, 2.05) is 64.9 Å². The molecule has 0 atom stereocenters. The number of thiophene rings is 1. The second-order valence-electron chi connectivity index (χ2n) is 8.84. The summed E-state index contributed by atoms with van der Waals surface area (Å²) < 4.78 is 0. The Balaban J connectivity index is 1.17. The van der Waals surface area contributed by atoms with Crippen LogP contribution in [0, 0.1) is 0 Å². The lowest BCUT2D eigenvalue weighted by atomic mass is 10.1. The van der Waals surface area contributed by atoms with Crippen molar-refractivity contribution in [3.8, 4) is 0 Å². The van der Waals surface area contributed by atoms with E-state index >= 15 is 0 Å². The van der Waals surface area contributed by atoms with Crippen LogP contribution in [-0.4, -0.2) is 24.5 Å². The summed E-state index contributed by atoms with van der Waals surface area (Å²) in [6.07, 6.45) is 2.51. The van der Waals surface area contributed by atoms with Gasteiger partial charge in [-0.05, 0) is 59.3 Å². The molecule has 0 radical (unpaired) electrons. The number of para-hydroxylation sites is 1. The van der Waals surface area contributed by atoms with Crippen LogP contribution in [0.3, 0.4) is 0 Å². The monoisotopic (exact) mass is 509 g/mol. The summed E-state index contributed by atoms with van der Waals surface area (Å²) in [5.74, 6) is -0.188. The fourth-order valence-corrected chi connectivity index (χ4v) is 5.66. The number of carbonyl (C=O) groups excluding carboxylic acids is 1. The van der Waals surface area contributed by atoms with E-state index in [-0.39, 0.29) is 5.91 Å². The Morgan fingerprint density at radius 2 is 1.95 bits per heavy atom. The molecule has 3 N–H and O–H groups in total. The number of aromatic nitrogens is 1. The summed E-state index contributed by atoms with van der Waals surface area (Å²) in [5, 5.41) is 12.2. The van der Waals surface area contributed by atoms with E-state index in [0.717, 1.165) is 33.4 Å². The van der Waals surface area contributed by atoms with E-state index in [9.17, 15) is 14.4 Å². The van der Waals surface area contributed by atoms with Crippen molar-refractivity contribution in [2.75, 3.05) is 34.4 Å². The summed E-state index contributed by atoms with van der Waals surface area (Å²) in [5.41, 5.74) is 5.22. The van der Waals surface area contributed by atoms with Crippen molar-refractivity contribution in [1.29, 1.82) is 0 Å². The predicted molar refractivity (Wildman–Crippen MR) is 149 cm³/mol. The first kappa shape index (κ1) is 22.9. The Labute approximate surface area is 216 Å². The van der Waals surface area contributed by atoms with E-state index in [4.69, 9.17) is 0 Å². The molecule has 0 aliphatic carbocycles. The van der Waals surface area contributed by atoms with Crippen LogP contribution < -0.4 is 31.7 Å². The molecule has 3 aromatic carbocycles. The van der Waals surface area contributed by atoms with Crippen molar-refractivity contribution in [3.63, 3.8) is 0 Å². The highest BCUT2D eigenvalue weighted by atomic mass is 32.1. The lowest BCUT2D eigenvalue weighted by molar-refractivity contribution is 0.103. The second kappa shape index (κ2) is 9.18. The summed E-state index contributed by atoms with van der Waals surface area (Å²) >= 11 is 1.38. The van der Waals surface area contributed by atoms with Crippen LogP contribution in [0.4, 0.5) is 28.4 Å². The molecule has 8 nitrogen and oxygen atoms in total. The quantitative estimate of drug-likeness (QED) is 0.278. The van der Waals surface area contributed by atoms with Crippen LogP contribution in [0.25, 0.3) is 10.9 Å². The number of amides is 1. The number of pyridine rings is 1. The van der Waals surface area contributed by atoms with Gasteiger partial charge in [0, 0.05) is 43.1 Å². The van der Waals surface area contributed by atoms with Gasteiger partial charge in [0.15, 0.2) is 0 Å². The van der Waals surface area contributed by atoms with Crippen LogP contribution >= 0.6 is 11.3 Å². The molecule has 2 aromatic heterocycles. The highest BCUT2D eigenvalue weighted by molar-refractivity contribution is 7.12. The van der Waals surface area contributed by atoms with Gasteiger partial charge in [0.2, 0.25) is 0 Å². The van der Waals surface area contributed by atoms with Crippen LogP contribution in [0.2, 0.25) is 0 Å². The Kier molecular flexibility index (Phi) is 5.69. The number of benzene rings is 2. The number of hydrogen-bond acceptors (Lipinski definition) is 8. The van der Waals surface area contributed by atoms with E-state index in [0.29, 0.717) is 41.4 Å². The summed E-state index contributed by atoms with van der Waals surface area (Å²) in [6.45, 7) is 1.18. The minimum Gasteiger partial charge on any atom is -0.383 e. The molecule has 1 aliphatic heterocycles. The third-order valence-electron chi connectivity index (χ3n) is 6.72. The van der Waals surface area contributed by atoms with Gasteiger partial charge < -0.3 is 20.9 Å². The van der Waals surface area contributed by atoms with Crippen molar-refractivity contribution >= 4 is 56.6 Å². The molecule has 9 heteroatoms. The molecular formula is C28H23N5O3S. The maximum absolute atomic E-state index is 13.1. The number of hydrogen-bond donors (Lipinski definition) is 3. The van der Waals surface area contributed by atoms with Crippen LogP contribution in [0.15, 0.2) is 75.8 Å². The highest BCUT2D eigenvalue weighted by Gasteiger charge is 2.30. The standard InChI is InChI=1S/C28H23N5O3S/c1-29-23-24(26(35)25(23)34)33-12-9-16-14-18(6-7-22(16)33)32-28(36)27-21(10-13-37-27)31-15-17-8-11-30-20-5-3-2-4-19(17)20/h2-8,10-11,13-14,29,31H,9,12,15H2,1H3,(H,32,36). The molecule has 0 fully saturated rings. The average molecular weight is 510 g/mol. The maximum atomic E-state index is 13.1. The second-order valence-corrected chi connectivity index (χ2v) is 9.75. The molecule has 0 unspecified atom stereocenters. The molecule has 3 heterocycles. The van der Waals surface area contributed by atoms with Crippen molar-refractivity contribution in [2.24, 2.45) is 0 Å². The number of anilines is 5. The van der Waals surface area contributed by atoms with E-state index in [1.54, 1.807) is 13.2 Å². The molecule has 37 heavy (non-hydrogen) atoms. The number of carbonyl (C=O) groups is 1. The number of rotatable bonds is 7. The molecular weight excluding hydrogens is 486 g/mol. The Hall–Kier alpha value is -4.50. The minimum atomic E-state index is -0.479. The van der Waals surface area contributed by atoms with Crippen molar-refractivity contribution < 1.29 is 4.79 Å². The molecule has 0 spiro atoms. The van der Waals surface area contributed by atoms with Crippen LogP contribution in [0.5, 0.6) is 0 Å². The van der Waals surface area contributed by atoms with Gasteiger partial charge >= 0.3 is 0 Å². The Morgan fingerprint density at radius 3 is 2.81 bits per heavy atom. The topological polar surface area (TPSA) is 103 Å². The fraction of sp³-hybridized carbons (Fsp3) is 0.143. The first-order chi connectivity index (χ1) is 18.0. The maximum Gasteiger partial charge on any atom is 0.267 e. The van der Waals surface area contributed by atoms with Gasteiger partial charge in [0.1, 0.15) is 16.3 Å². The molecule has 1 amide bonds. The summed E-state index contributed by atoms with van der Waals surface area (Å²) in [6, 6.07) is 17.5. The lowest BCUT2D eigenvalue weighted by Crippen LogP contribution is -2.40. The van der Waals surface area contributed by atoms with Crippen LogP contribution in [-0.2, 0) is 13.0 Å². The Morgan fingerprint density at radius 1 is 1.08 bits per heavy atom. The first-order valence-corrected chi connectivity index (χ1v) is 12.8. The van der Waals surface area contributed by atoms with Gasteiger partial charge in [0.25, 0.3) is 16.8 Å². The number of nitrogens with zero attached hydrogens (tertiary/aromatic N) is 2. The molecule has 0 saturated heterocycles. The highest BCUT2D eigenvalue weighted by Crippen LogP contribution is 2.37. The minimum absolute atomic E-state index is 0.188. The zero-order valence-electron chi connectivity index (χ0n) is 20.0. The first-order valence-electron chi connectivity index (χ1n) is 11.9.